The van der Waals surface area contributed by atoms with E-state index in [-0.39, 0.29) is 5.97 Å². The van der Waals surface area contributed by atoms with Crippen LogP contribution in [-0.2, 0) is 9.47 Å². The fourth-order valence-electron chi connectivity index (χ4n) is 2.43. The van der Waals surface area contributed by atoms with Gasteiger partial charge in [-0.15, -0.1) is 11.3 Å². The van der Waals surface area contributed by atoms with Crippen molar-refractivity contribution in [3.8, 4) is 0 Å². The number of esters is 1. The van der Waals surface area contributed by atoms with Gasteiger partial charge in [0, 0.05) is 31.7 Å². The number of carbonyl (C=O) groups is 1. The molecule has 1 aromatic rings. The average molecular weight is 298 g/mol. The predicted molar refractivity (Wildman–Crippen MR) is 79.6 cm³/mol. The Morgan fingerprint density at radius 3 is 2.75 bits per heavy atom. The lowest BCUT2D eigenvalue weighted by atomic mass is 9.98. The minimum Gasteiger partial charge on any atom is -0.461 e. The molecule has 20 heavy (non-hydrogen) atoms. The molecule has 0 saturated carbocycles. The minimum absolute atomic E-state index is 0.318. The molecular formula is C14H22N2O3S. The van der Waals surface area contributed by atoms with E-state index in [4.69, 9.17) is 9.47 Å². The van der Waals surface area contributed by atoms with Crippen molar-refractivity contribution in [2.75, 3.05) is 38.3 Å². The number of hydrogen-bond acceptors (Lipinski definition) is 6. The zero-order chi connectivity index (χ0) is 14.5. The average Bonchev–Trinajstić information content (AvgIpc) is 2.82. The Morgan fingerprint density at radius 1 is 1.45 bits per heavy atom. The minimum atomic E-state index is -0.318. The van der Waals surface area contributed by atoms with E-state index in [1.807, 2.05) is 6.92 Å². The van der Waals surface area contributed by atoms with E-state index < -0.39 is 0 Å². The van der Waals surface area contributed by atoms with Crippen LogP contribution in [0.25, 0.3) is 0 Å². The van der Waals surface area contributed by atoms with Crippen LogP contribution in [0.5, 0.6) is 0 Å². The van der Waals surface area contributed by atoms with Gasteiger partial charge in [-0.05, 0) is 32.6 Å². The summed E-state index contributed by atoms with van der Waals surface area (Å²) in [6.07, 6.45) is 2.22. The van der Waals surface area contributed by atoms with Crippen LogP contribution in [-0.4, -0.2) is 44.4 Å². The molecule has 5 nitrogen and oxygen atoms in total. The molecule has 1 saturated heterocycles. The molecule has 0 aromatic carbocycles. The van der Waals surface area contributed by atoms with Crippen LogP contribution in [0.15, 0.2) is 0 Å². The summed E-state index contributed by atoms with van der Waals surface area (Å²) in [7, 11) is 1.75. The molecule has 2 rings (SSSR count). The molecule has 0 aliphatic carbocycles. The van der Waals surface area contributed by atoms with E-state index in [9.17, 15) is 4.79 Å². The van der Waals surface area contributed by atoms with Gasteiger partial charge >= 0.3 is 5.97 Å². The number of rotatable bonds is 5. The summed E-state index contributed by atoms with van der Waals surface area (Å²) in [6, 6.07) is 0. The maximum absolute atomic E-state index is 11.8. The second-order valence-corrected chi connectivity index (χ2v) is 6.19. The first kappa shape index (κ1) is 15.3. The molecule has 1 aliphatic heterocycles. The number of anilines is 1. The van der Waals surface area contributed by atoms with E-state index in [1.54, 1.807) is 25.4 Å². The molecular weight excluding hydrogens is 276 g/mol. The fraction of sp³-hybridized carbons (Fsp3) is 0.714. The Bertz CT molecular complexity index is 453. The highest BCUT2D eigenvalue weighted by Gasteiger charge is 2.24. The van der Waals surface area contributed by atoms with Gasteiger partial charge in [0.05, 0.1) is 6.61 Å². The van der Waals surface area contributed by atoms with E-state index >= 15 is 0 Å². The van der Waals surface area contributed by atoms with Crippen LogP contribution >= 0.6 is 11.3 Å². The Balaban J connectivity index is 2.00. The summed E-state index contributed by atoms with van der Waals surface area (Å²) in [4.78, 5) is 19.4. The third-order valence-electron chi connectivity index (χ3n) is 3.54. The van der Waals surface area contributed by atoms with Crippen molar-refractivity contribution in [1.29, 1.82) is 0 Å². The maximum atomic E-state index is 11.8. The summed E-state index contributed by atoms with van der Waals surface area (Å²) in [5, 5.41) is 0.932. The van der Waals surface area contributed by atoms with E-state index in [1.165, 1.54) is 0 Å². The molecule has 112 valence electrons. The van der Waals surface area contributed by atoms with Crippen molar-refractivity contribution in [3.05, 3.63) is 10.6 Å². The lowest BCUT2D eigenvalue weighted by Crippen LogP contribution is -2.34. The molecule has 0 bridgehead atoms. The zero-order valence-electron chi connectivity index (χ0n) is 12.3. The normalized spacial score (nSPS) is 16.4. The maximum Gasteiger partial charge on any atom is 0.358 e. The number of nitrogens with zero attached hydrogens (tertiary/aromatic N) is 2. The third-order valence-corrected chi connectivity index (χ3v) is 4.57. The molecule has 0 N–H and O–H groups in total. The Kier molecular flexibility index (Phi) is 5.37. The van der Waals surface area contributed by atoms with Crippen LogP contribution in [0.4, 0.5) is 5.13 Å². The molecule has 2 heterocycles. The number of ether oxygens (including phenoxy) is 2. The number of piperidine rings is 1. The number of hydrogen-bond donors (Lipinski definition) is 0. The summed E-state index contributed by atoms with van der Waals surface area (Å²) in [5.74, 6) is 0.323. The SMILES string of the molecule is CCOC(=O)c1nc(N2CCC(COC)CC2)sc1C. The zero-order valence-corrected chi connectivity index (χ0v) is 13.2. The van der Waals surface area contributed by atoms with Crippen LogP contribution in [0.2, 0.25) is 0 Å². The predicted octanol–water partition coefficient (Wildman–Crippen LogP) is 2.49. The molecule has 6 heteroatoms. The molecule has 1 fully saturated rings. The Morgan fingerprint density at radius 2 is 2.15 bits per heavy atom. The van der Waals surface area contributed by atoms with Crippen molar-refractivity contribution in [2.24, 2.45) is 5.92 Å². The van der Waals surface area contributed by atoms with E-state index in [0.29, 0.717) is 18.2 Å². The highest BCUT2D eigenvalue weighted by molar-refractivity contribution is 7.15. The second-order valence-electron chi connectivity index (χ2n) is 5.01. The monoisotopic (exact) mass is 298 g/mol. The van der Waals surface area contributed by atoms with Gasteiger partial charge in [0.2, 0.25) is 0 Å². The number of methoxy groups -OCH3 is 1. The van der Waals surface area contributed by atoms with Gasteiger partial charge < -0.3 is 14.4 Å². The van der Waals surface area contributed by atoms with Crippen LogP contribution < -0.4 is 4.90 Å². The fourth-order valence-corrected chi connectivity index (χ4v) is 3.38. The number of thiazole rings is 1. The van der Waals surface area contributed by atoms with Crippen molar-refractivity contribution in [2.45, 2.75) is 26.7 Å². The lowest BCUT2D eigenvalue weighted by molar-refractivity contribution is 0.0519. The lowest BCUT2D eigenvalue weighted by Gasteiger charge is -2.31. The second kappa shape index (κ2) is 7.04. The van der Waals surface area contributed by atoms with Crippen molar-refractivity contribution in [3.63, 3.8) is 0 Å². The van der Waals surface area contributed by atoms with Gasteiger partial charge in [0.1, 0.15) is 0 Å². The van der Waals surface area contributed by atoms with Gasteiger partial charge in [-0.2, -0.15) is 0 Å². The van der Waals surface area contributed by atoms with E-state index in [2.05, 4.69) is 9.88 Å². The molecule has 0 spiro atoms. The third kappa shape index (κ3) is 3.49. The molecule has 1 aliphatic rings. The highest BCUT2D eigenvalue weighted by atomic mass is 32.1. The molecule has 0 radical (unpaired) electrons. The molecule has 0 atom stereocenters. The summed E-state index contributed by atoms with van der Waals surface area (Å²) in [5.41, 5.74) is 0.464. The first-order valence-electron chi connectivity index (χ1n) is 7.04. The Labute approximate surface area is 123 Å². The quantitative estimate of drug-likeness (QED) is 0.782. The molecule has 1 aromatic heterocycles. The van der Waals surface area contributed by atoms with Crippen LogP contribution in [0.3, 0.4) is 0 Å². The van der Waals surface area contributed by atoms with Gasteiger partial charge in [-0.1, -0.05) is 0 Å². The smallest absolute Gasteiger partial charge is 0.358 e. The van der Waals surface area contributed by atoms with Crippen LogP contribution in [0.1, 0.15) is 35.1 Å². The van der Waals surface area contributed by atoms with Gasteiger partial charge in [0.25, 0.3) is 0 Å². The molecule has 0 unspecified atom stereocenters. The summed E-state index contributed by atoms with van der Waals surface area (Å²) >= 11 is 1.57. The Hall–Kier alpha value is -1.14. The van der Waals surface area contributed by atoms with Gasteiger partial charge in [0.15, 0.2) is 10.8 Å². The van der Waals surface area contributed by atoms with E-state index in [0.717, 1.165) is 42.5 Å². The molecule has 0 amide bonds. The highest BCUT2D eigenvalue weighted by Crippen LogP contribution is 2.29. The first-order chi connectivity index (χ1) is 9.65. The number of aryl methyl sites for hydroxylation is 1. The van der Waals surface area contributed by atoms with Gasteiger partial charge in [-0.25, -0.2) is 9.78 Å². The number of aromatic nitrogens is 1. The summed E-state index contributed by atoms with van der Waals surface area (Å²) < 4.78 is 10.2. The van der Waals surface area contributed by atoms with Crippen molar-refractivity contribution in [1.82, 2.24) is 4.98 Å². The first-order valence-corrected chi connectivity index (χ1v) is 7.85. The standard InChI is InChI=1S/C14H22N2O3S/c1-4-19-13(17)12-10(2)20-14(15-12)16-7-5-11(6-8-16)9-18-3/h11H,4-9H2,1-3H3. The van der Waals surface area contributed by atoms with Crippen molar-refractivity contribution >= 4 is 22.4 Å². The van der Waals surface area contributed by atoms with Crippen molar-refractivity contribution < 1.29 is 14.3 Å². The topological polar surface area (TPSA) is 51.7 Å². The van der Waals surface area contributed by atoms with Crippen LogP contribution in [0, 0.1) is 12.8 Å². The summed E-state index contributed by atoms with van der Waals surface area (Å²) in [6.45, 7) is 6.89. The van der Waals surface area contributed by atoms with Gasteiger partial charge in [-0.3, -0.25) is 0 Å². The largest absolute Gasteiger partial charge is 0.461 e. The number of carbonyl (C=O) groups excluding carboxylic acids is 1.